The zero-order chi connectivity index (χ0) is 19.8. The molecule has 2 aliphatic rings. The Bertz CT molecular complexity index is 897. The fourth-order valence-electron chi connectivity index (χ4n) is 4.35. The fourth-order valence-corrected chi connectivity index (χ4v) is 4.35. The Morgan fingerprint density at radius 2 is 1.89 bits per heavy atom. The van der Waals surface area contributed by atoms with Gasteiger partial charge in [0.25, 0.3) is 0 Å². The van der Waals surface area contributed by atoms with Crippen molar-refractivity contribution in [1.82, 2.24) is 10.2 Å². The molecular formula is C21H23N3O4. The maximum atomic E-state index is 11.7. The van der Waals surface area contributed by atoms with Gasteiger partial charge >= 0.3 is 0 Å². The fraction of sp³-hybridized carbons (Fsp3) is 0.476. The summed E-state index contributed by atoms with van der Waals surface area (Å²) in [4.78, 5) is 0. The van der Waals surface area contributed by atoms with Gasteiger partial charge in [0.15, 0.2) is 6.10 Å². The van der Waals surface area contributed by atoms with Crippen LogP contribution in [-0.4, -0.2) is 31.6 Å². The van der Waals surface area contributed by atoms with Crippen molar-refractivity contribution in [3.63, 3.8) is 0 Å². The van der Waals surface area contributed by atoms with E-state index in [0.29, 0.717) is 16.9 Å². The largest absolute Gasteiger partial charge is 0.492 e. The minimum atomic E-state index is -1.35. The quantitative estimate of drug-likeness (QED) is 0.820. The van der Waals surface area contributed by atoms with Gasteiger partial charge in [0.2, 0.25) is 11.8 Å². The second-order valence-corrected chi connectivity index (χ2v) is 7.75. The number of benzene rings is 1. The van der Waals surface area contributed by atoms with Crippen molar-refractivity contribution < 1.29 is 19.7 Å². The number of aromatic nitrogens is 2. The molecule has 2 aromatic rings. The third-order valence-electron chi connectivity index (χ3n) is 5.94. The van der Waals surface area contributed by atoms with Crippen LogP contribution in [0.15, 0.2) is 30.3 Å². The highest BCUT2D eigenvalue weighted by Crippen LogP contribution is 2.52. The molecule has 1 saturated carbocycles. The van der Waals surface area contributed by atoms with Gasteiger partial charge in [-0.1, -0.05) is 12.8 Å². The minimum absolute atomic E-state index is 0.182. The highest BCUT2D eigenvalue weighted by Gasteiger charge is 2.59. The lowest BCUT2D eigenvalue weighted by Crippen LogP contribution is -2.62. The number of nitriles is 1. The molecule has 1 aliphatic heterocycles. The Balaban J connectivity index is 1.82. The van der Waals surface area contributed by atoms with Crippen LogP contribution in [0.3, 0.4) is 0 Å². The van der Waals surface area contributed by atoms with Crippen LogP contribution >= 0.6 is 0 Å². The summed E-state index contributed by atoms with van der Waals surface area (Å²) in [6.07, 6.45) is 4.80. The summed E-state index contributed by atoms with van der Waals surface area (Å²) in [7, 11) is 0. The molecule has 4 rings (SSSR count). The van der Waals surface area contributed by atoms with Crippen molar-refractivity contribution in [2.45, 2.75) is 62.8 Å². The van der Waals surface area contributed by atoms with Crippen LogP contribution in [0.2, 0.25) is 0 Å². The average Bonchev–Trinajstić information content (AvgIpc) is 2.94. The third kappa shape index (κ3) is 3.04. The number of hydrogen-bond donors (Lipinski definition) is 2. The zero-order valence-corrected chi connectivity index (χ0v) is 15.8. The number of rotatable bonds is 2. The first kappa shape index (κ1) is 18.5. The Morgan fingerprint density at radius 3 is 2.54 bits per heavy atom. The second-order valence-electron chi connectivity index (χ2n) is 7.75. The summed E-state index contributed by atoms with van der Waals surface area (Å²) in [6.45, 7) is 1.73. The molecule has 0 radical (unpaired) electrons. The van der Waals surface area contributed by atoms with E-state index < -0.39 is 17.3 Å². The number of aliphatic hydroxyl groups is 1. The Kier molecular flexibility index (Phi) is 4.60. The van der Waals surface area contributed by atoms with Gasteiger partial charge in [-0.05, 0) is 50.8 Å². The van der Waals surface area contributed by atoms with Gasteiger partial charge in [-0.25, -0.2) is 0 Å². The van der Waals surface area contributed by atoms with Gasteiger partial charge in [-0.2, -0.15) is 5.26 Å². The normalized spacial score (nSPS) is 25.8. The lowest BCUT2D eigenvalue weighted by molar-refractivity contribution is -0.196. The Hall–Kier alpha value is -2.85. The van der Waals surface area contributed by atoms with E-state index in [1.165, 1.54) is 12.1 Å². The van der Waals surface area contributed by atoms with Crippen molar-refractivity contribution in [1.29, 1.82) is 5.26 Å². The van der Waals surface area contributed by atoms with Crippen molar-refractivity contribution in [3.8, 4) is 23.6 Å². The first-order valence-electron chi connectivity index (χ1n) is 9.60. The van der Waals surface area contributed by atoms with Gasteiger partial charge < -0.3 is 19.7 Å². The molecule has 2 N–H and O–H groups in total. The molecule has 7 nitrogen and oxygen atoms in total. The predicted octanol–water partition coefficient (Wildman–Crippen LogP) is 3.41. The van der Waals surface area contributed by atoms with E-state index in [-0.39, 0.29) is 11.8 Å². The summed E-state index contributed by atoms with van der Waals surface area (Å²) in [5.41, 5.74) is -1.06. The topological polar surface area (TPSA) is 108 Å². The lowest BCUT2D eigenvalue weighted by Gasteiger charge is -2.52. The lowest BCUT2D eigenvalue weighted by atomic mass is 9.71. The van der Waals surface area contributed by atoms with Crippen LogP contribution in [0.4, 0.5) is 0 Å². The molecular weight excluding hydrogens is 358 g/mol. The highest BCUT2D eigenvalue weighted by atomic mass is 16.6. The van der Waals surface area contributed by atoms with Crippen LogP contribution in [-0.2, 0) is 0 Å². The first-order valence-corrected chi connectivity index (χ1v) is 9.60. The summed E-state index contributed by atoms with van der Waals surface area (Å²) >= 11 is 0. The highest BCUT2D eigenvalue weighted by molar-refractivity contribution is 5.47. The Morgan fingerprint density at radius 1 is 1.14 bits per heavy atom. The van der Waals surface area contributed by atoms with E-state index in [4.69, 9.17) is 9.47 Å². The van der Waals surface area contributed by atoms with Crippen molar-refractivity contribution in [2.75, 3.05) is 0 Å². The number of ether oxygens (including phenoxy) is 2. The van der Waals surface area contributed by atoms with Gasteiger partial charge in [-0.3, -0.25) is 0 Å². The van der Waals surface area contributed by atoms with Crippen molar-refractivity contribution >= 4 is 0 Å². The van der Waals surface area contributed by atoms with Crippen molar-refractivity contribution in [2.24, 2.45) is 0 Å². The molecule has 1 spiro atoms. The molecule has 1 aliphatic carbocycles. The van der Waals surface area contributed by atoms with E-state index in [1.807, 2.05) is 0 Å². The standard InChI is InChI=1S/C21H23N3O4/c1-20(26)19(27-18-9-8-17(25)23-24-18)15-12-14(13-22)6-7-16(15)28-21(20)10-4-2-3-5-11-21/h6-9,12,19,26H,2-5,10-11H2,1H3,(H,23,25). The van der Waals surface area contributed by atoms with Crippen LogP contribution < -0.4 is 9.47 Å². The average molecular weight is 381 g/mol. The van der Waals surface area contributed by atoms with Gasteiger partial charge in [0.1, 0.15) is 17.0 Å². The minimum Gasteiger partial charge on any atom is -0.492 e. The molecule has 2 unspecified atom stereocenters. The molecule has 0 saturated heterocycles. The number of fused-ring (bicyclic) bond motifs is 1. The summed E-state index contributed by atoms with van der Waals surface area (Å²) in [5.74, 6) is 0.588. The van der Waals surface area contributed by atoms with E-state index in [9.17, 15) is 15.5 Å². The van der Waals surface area contributed by atoms with Gasteiger partial charge in [0.05, 0.1) is 11.6 Å². The van der Waals surface area contributed by atoms with Crippen molar-refractivity contribution in [3.05, 3.63) is 41.5 Å². The molecule has 1 fully saturated rings. The molecule has 28 heavy (non-hydrogen) atoms. The molecule has 146 valence electrons. The van der Waals surface area contributed by atoms with E-state index in [0.717, 1.165) is 38.5 Å². The smallest absolute Gasteiger partial charge is 0.234 e. The monoisotopic (exact) mass is 381 g/mol. The number of hydrogen-bond acceptors (Lipinski definition) is 7. The van der Waals surface area contributed by atoms with E-state index >= 15 is 0 Å². The number of nitrogens with zero attached hydrogens (tertiary/aromatic N) is 3. The van der Waals surface area contributed by atoms with Gasteiger partial charge in [-0.15, -0.1) is 10.2 Å². The molecule has 0 bridgehead atoms. The van der Waals surface area contributed by atoms with Gasteiger partial charge in [0, 0.05) is 17.7 Å². The van der Waals surface area contributed by atoms with Crippen LogP contribution in [0, 0.1) is 11.3 Å². The Labute approximate surface area is 163 Å². The molecule has 1 aromatic carbocycles. The zero-order valence-electron chi connectivity index (χ0n) is 15.8. The van der Waals surface area contributed by atoms with Crippen LogP contribution in [0.5, 0.6) is 17.5 Å². The summed E-state index contributed by atoms with van der Waals surface area (Å²) < 4.78 is 12.5. The maximum Gasteiger partial charge on any atom is 0.234 e. The molecule has 2 atom stereocenters. The van der Waals surface area contributed by atoms with Crippen LogP contribution in [0.25, 0.3) is 0 Å². The van der Waals surface area contributed by atoms with E-state index in [1.54, 1.807) is 25.1 Å². The molecule has 2 heterocycles. The SMILES string of the molecule is CC1(O)C(Oc2ccc(O)nn2)c2cc(C#N)ccc2OC12CCCCCC2. The third-order valence-corrected chi connectivity index (χ3v) is 5.94. The number of aromatic hydroxyl groups is 1. The first-order chi connectivity index (χ1) is 13.4. The predicted molar refractivity (Wildman–Crippen MR) is 99.9 cm³/mol. The van der Waals surface area contributed by atoms with E-state index in [2.05, 4.69) is 16.3 Å². The molecule has 7 heteroatoms. The summed E-state index contributed by atoms with van der Waals surface area (Å²) in [6, 6.07) is 10.2. The summed E-state index contributed by atoms with van der Waals surface area (Å²) in [5, 5.41) is 37.9. The molecule has 0 amide bonds. The molecule has 1 aromatic heterocycles. The maximum absolute atomic E-state index is 11.7. The van der Waals surface area contributed by atoms with Crippen LogP contribution in [0.1, 0.15) is 62.7 Å². The second kappa shape index (κ2) is 6.95.